The highest BCUT2D eigenvalue weighted by Gasteiger charge is 2.26. The minimum atomic E-state index is -0.274. The summed E-state index contributed by atoms with van der Waals surface area (Å²) in [5.41, 5.74) is 0.924. The van der Waals surface area contributed by atoms with E-state index in [2.05, 4.69) is 10.2 Å². The summed E-state index contributed by atoms with van der Waals surface area (Å²) >= 11 is 1.22. The summed E-state index contributed by atoms with van der Waals surface area (Å²) in [6.07, 6.45) is 7.00. The lowest BCUT2D eigenvalue weighted by molar-refractivity contribution is -0.132. The molecule has 0 aliphatic heterocycles. The van der Waals surface area contributed by atoms with Gasteiger partial charge in [0.1, 0.15) is 5.82 Å². The summed E-state index contributed by atoms with van der Waals surface area (Å²) in [6, 6.07) is 10.0. The van der Waals surface area contributed by atoms with E-state index in [1.165, 1.54) is 36.6 Å². The SMILES string of the molecule is O=C(CSc1nnc(-c2ccco2)o1)N(Cc1ccc(F)cc1)C1CCCCC1. The zero-order valence-electron chi connectivity index (χ0n) is 15.9. The molecule has 2 aromatic heterocycles. The van der Waals surface area contributed by atoms with E-state index in [0.29, 0.717) is 23.4 Å². The molecule has 4 rings (SSSR count). The standard InChI is InChI=1S/C21H22FN3O3S/c22-16-10-8-15(9-11-16)13-25(17-5-2-1-3-6-17)19(26)14-29-21-24-23-20(28-21)18-7-4-12-27-18/h4,7-12,17H,1-3,5-6,13-14H2. The molecule has 8 heteroatoms. The summed E-state index contributed by atoms with van der Waals surface area (Å²) in [6.45, 7) is 0.478. The Hall–Kier alpha value is -2.61. The third kappa shape index (κ3) is 5.06. The monoisotopic (exact) mass is 415 g/mol. The van der Waals surface area contributed by atoms with E-state index in [1.807, 2.05) is 4.90 Å². The summed E-state index contributed by atoms with van der Waals surface area (Å²) in [7, 11) is 0. The lowest BCUT2D eigenvalue weighted by Gasteiger charge is -2.34. The Balaban J connectivity index is 1.42. The van der Waals surface area contributed by atoms with Gasteiger partial charge in [0.2, 0.25) is 5.91 Å². The van der Waals surface area contributed by atoms with E-state index >= 15 is 0 Å². The van der Waals surface area contributed by atoms with Crippen molar-refractivity contribution in [1.82, 2.24) is 15.1 Å². The number of rotatable bonds is 7. The average molecular weight is 415 g/mol. The maximum Gasteiger partial charge on any atom is 0.284 e. The van der Waals surface area contributed by atoms with Crippen LogP contribution in [0.3, 0.4) is 0 Å². The fourth-order valence-electron chi connectivity index (χ4n) is 3.57. The van der Waals surface area contributed by atoms with Crippen LogP contribution in [0.4, 0.5) is 4.39 Å². The van der Waals surface area contributed by atoms with Crippen molar-refractivity contribution in [3.05, 3.63) is 54.0 Å². The van der Waals surface area contributed by atoms with Crippen LogP contribution in [0, 0.1) is 5.82 Å². The third-order valence-corrected chi connectivity index (χ3v) is 5.86. The van der Waals surface area contributed by atoms with Gasteiger partial charge in [-0.05, 0) is 42.7 Å². The minimum Gasteiger partial charge on any atom is -0.459 e. The molecule has 0 atom stereocenters. The number of nitrogens with zero attached hydrogens (tertiary/aromatic N) is 3. The van der Waals surface area contributed by atoms with E-state index in [1.54, 1.807) is 24.3 Å². The van der Waals surface area contributed by atoms with Crippen LogP contribution in [-0.4, -0.2) is 32.8 Å². The molecular weight excluding hydrogens is 393 g/mol. The smallest absolute Gasteiger partial charge is 0.284 e. The van der Waals surface area contributed by atoms with Crippen molar-refractivity contribution in [3.63, 3.8) is 0 Å². The Morgan fingerprint density at radius 2 is 1.93 bits per heavy atom. The molecule has 3 aromatic rings. The van der Waals surface area contributed by atoms with E-state index in [9.17, 15) is 9.18 Å². The molecule has 0 unspecified atom stereocenters. The van der Waals surface area contributed by atoms with Crippen molar-refractivity contribution in [2.75, 3.05) is 5.75 Å². The van der Waals surface area contributed by atoms with Gasteiger partial charge in [0.15, 0.2) is 5.76 Å². The molecule has 1 amide bonds. The van der Waals surface area contributed by atoms with Crippen LogP contribution in [0.15, 0.2) is 56.7 Å². The van der Waals surface area contributed by atoms with Crippen molar-refractivity contribution < 1.29 is 18.0 Å². The van der Waals surface area contributed by atoms with E-state index in [-0.39, 0.29) is 23.5 Å². The van der Waals surface area contributed by atoms with Crippen molar-refractivity contribution in [2.45, 2.75) is 49.9 Å². The van der Waals surface area contributed by atoms with Crippen molar-refractivity contribution in [3.8, 4) is 11.7 Å². The molecule has 0 spiro atoms. The molecule has 0 radical (unpaired) electrons. The first kappa shape index (κ1) is 19.7. The predicted octanol–water partition coefficient (Wildman–Crippen LogP) is 4.92. The molecule has 0 bridgehead atoms. The van der Waals surface area contributed by atoms with Gasteiger partial charge in [-0.15, -0.1) is 10.2 Å². The molecule has 0 saturated heterocycles. The van der Waals surface area contributed by atoms with E-state index in [4.69, 9.17) is 8.83 Å². The lowest BCUT2D eigenvalue weighted by atomic mass is 9.94. The number of hydrogen-bond acceptors (Lipinski definition) is 6. The molecule has 152 valence electrons. The number of carbonyl (C=O) groups is 1. The second-order valence-corrected chi connectivity index (χ2v) is 8.01. The van der Waals surface area contributed by atoms with Crippen LogP contribution >= 0.6 is 11.8 Å². The Morgan fingerprint density at radius 3 is 2.66 bits per heavy atom. The zero-order valence-corrected chi connectivity index (χ0v) is 16.7. The molecule has 2 heterocycles. The molecule has 0 N–H and O–H groups in total. The van der Waals surface area contributed by atoms with Gasteiger partial charge in [-0.25, -0.2) is 4.39 Å². The zero-order chi connectivity index (χ0) is 20.1. The highest BCUT2D eigenvalue weighted by Crippen LogP contribution is 2.27. The van der Waals surface area contributed by atoms with E-state index < -0.39 is 0 Å². The van der Waals surface area contributed by atoms with Crippen LogP contribution in [0.5, 0.6) is 0 Å². The normalized spacial score (nSPS) is 14.8. The summed E-state index contributed by atoms with van der Waals surface area (Å²) in [5, 5.41) is 8.27. The van der Waals surface area contributed by atoms with Gasteiger partial charge in [-0.2, -0.15) is 0 Å². The molecule has 29 heavy (non-hydrogen) atoms. The second kappa shape index (κ2) is 9.26. The molecule has 1 aliphatic rings. The van der Waals surface area contributed by atoms with Gasteiger partial charge < -0.3 is 13.7 Å². The van der Waals surface area contributed by atoms with Crippen molar-refractivity contribution >= 4 is 17.7 Å². The van der Waals surface area contributed by atoms with Crippen molar-refractivity contribution in [2.24, 2.45) is 0 Å². The topological polar surface area (TPSA) is 72.4 Å². The lowest BCUT2D eigenvalue weighted by Crippen LogP contribution is -2.41. The van der Waals surface area contributed by atoms with Crippen LogP contribution in [0.2, 0.25) is 0 Å². The number of benzene rings is 1. The Kier molecular flexibility index (Phi) is 6.29. The van der Waals surface area contributed by atoms with Gasteiger partial charge in [-0.3, -0.25) is 4.79 Å². The fourth-order valence-corrected chi connectivity index (χ4v) is 4.22. The molecule has 6 nitrogen and oxygen atoms in total. The van der Waals surface area contributed by atoms with Crippen LogP contribution in [-0.2, 0) is 11.3 Å². The Morgan fingerprint density at radius 1 is 1.14 bits per heavy atom. The molecule has 1 aliphatic carbocycles. The minimum absolute atomic E-state index is 0.0176. The molecule has 1 aromatic carbocycles. The van der Waals surface area contributed by atoms with E-state index in [0.717, 1.165) is 31.2 Å². The predicted molar refractivity (Wildman–Crippen MR) is 107 cm³/mol. The van der Waals surface area contributed by atoms with Crippen LogP contribution < -0.4 is 0 Å². The van der Waals surface area contributed by atoms with Gasteiger partial charge in [-0.1, -0.05) is 43.2 Å². The number of halogens is 1. The van der Waals surface area contributed by atoms with Crippen molar-refractivity contribution in [1.29, 1.82) is 0 Å². The number of aromatic nitrogens is 2. The first-order valence-electron chi connectivity index (χ1n) is 9.73. The number of amides is 1. The number of thioether (sulfide) groups is 1. The molecule has 1 saturated carbocycles. The summed E-state index contributed by atoms with van der Waals surface area (Å²) < 4.78 is 24.0. The summed E-state index contributed by atoms with van der Waals surface area (Å²) in [5.74, 6) is 0.737. The maximum absolute atomic E-state index is 13.2. The summed E-state index contributed by atoms with van der Waals surface area (Å²) in [4.78, 5) is 15.0. The van der Waals surface area contributed by atoms with Gasteiger partial charge in [0, 0.05) is 12.6 Å². The molecule has 1 fully saturated rings. The number of furan rings is 1. The first-order chi connectivity index (χ1) is 14.2. The third-order valence-electron chi connectivity index (χ3n) is 5.06. The Labute approximate surface area is 172 Å². The average Bonchev–Trinajstić information content (AvgIpc) is 3.44. The Bertz CT molecular complexity index is 921. The van der Waals surface area contributed by atoms with Crippen LogP contribution in [0.25, 0.3) is 11.7 Å². The fraction of sp³-hybridized carbons (Fsp3) is 0.381. The number of hydrogen-bond donors (Lipinski definition) is 0. The quantitative estimate of drug-likeness (QED) is 0.510. The molecular formula is C21H22FN3O3S. The first-order valence-corrected chi connectivity index (χ1v) is 10.7. The van der Waals surface area contributed by atoms with Gasteiger partial charge >= 0.3 is 0 Å². The maximum atomic E-state index is 13.2. The van der Waals surface area contributed by atoms with Gasteiger partial charge in [0.05, 0.1) is 12.0 Å². The number of carbonyl (C=O) groups excluding carboxylic acids is 1. The highest BCUT2D eigenvalue weighted by atomic mass is 32.2. The highest BCUT2D eigenvalue weighted by molar-refractivity contribution is 7.99. The second-order valence-electron chi connectivity index (χ2n) is 7.08. The van der Waals surface area contributed by atoms with Gasteiger partial charge in [0.25, 0.3) is 11.1 Å². The van der Waals surface area contributed by atoms with Crippen LogP contribution in [0.1, 0.15) is 37.7 Å². The largest absolute Gasteiger partial charge is 0.459 e.